The zero-order valence-electron chi connectivity index (χ0n) is 16.8. The van der Waals surface area contributed by atoms with E-state index in [1.165, 1.54) is 0 Å². The molecule has 0 radical (unpaired) electrons. The van der Waals surface area contributed by atoms with Crippen LogP contribution in [0.3, 0.4) is 0 Å². The third-order valence-corrected chi connectivity index (χ3v) is 4.80. The highest BCUT2D eigenvalue weighted by Gasteiger charge is 2.18. The molecule has 1 fully saturated rings. The van der Waals surface area contributed by atoms with Crippen molar-refractivity contribution in [1.29, 1.82) is 0 Å². The van der Waals surface area contributed by atoms with Crippen molar-refractivity contribution in [2.75, 3.05) is 24.1 Å². The van der Waals surface area contributed by atoms with Gasteiger partial charge in [-0.15, -0.1) is 0 Å². The molecule has 0 spiro atoms. The van der Waals surface area contributed by atoms with Gasteiger partial charge < -0.3 is 26.8 Å². The molecule has 3 aromatic rings. The van der Waals surface area contributed by atoms with Crippen molar-refractivity contribution in [3.63, 3.8) is 0 Å². The molecule has 1 aromatic carbocycles. The van der Waals surface area contributed by atoms with Crippen LogP contribution < -0.4 is 26.8 Å². The smallest absolute Gasteiger partial charge is 0.256 e. The van der Waals surface area contributed by atoms with Crippen molar-refractivity contribution in [2.45, 2.75) is 12.5 Å². The number of nitrogen functional groups attached to an aromatic ring is 1. The Morgan fingerprint density at radius 3 is 2.68 bits per heavy atom. The highest BCUT2D eigenvalue weighted by Crippen LogP contribution is 2.28. The van der Waals surface area contributed by atoms with Crippen molar-refractivity contribution in [3.8, 4) is 11.5 Å². The van der Waals surface area contributed by atoms with E-state index in [2.05, 4.69) is 25.6 Å². The SMILES string of the molecule is NC(=NC1CCNC1)c1c(Oc2ccc(C(=O)Nc3ccccn3)cc2)ccnc1N. The molecular formula is C22H23N7O2. The molecule has 158 valence electrons. The summed E-state index contributed by atoms with van der Waals surface area (Å²) in [7, 11) is 0. The Labute approximate surface area is 179 Å². The monoisotopic (exact) mass is 417 g/mol. The number of carbonyl (C=O) groups is 1. The van der Waals surface area contributed by atoms with Crippen molar-refractivity contribution < 1.29 is 9.53 Å². The van der Waals surface area contributed by atoms with Gasteiger partial charge in [-0.3, -0.25) is 9.79 Å². The predicted octanol–water partition coefficient (Wildman–Crippen LogP) is 2.17. The van der Waals surface area contributed by atoms with Crippen molar-refractivity contribution in [3.05, 3.63) is 72.1 Å². The minimum Gasteiger partial charge on any atom is -0.456 e. The van der Waals surface area contributed by atoms with Crippen LogP contribution in [0.4, 0.5) is 11.6 Å². The summed E-state index contributed by atoms with van der Waals surface area (Å²) < 4.78 is 5.99. The predicted molar refractivity (Wildman–Crippen MR) is 119 cm³/mol. The second-order valence-corrected chi connectivity index (χ2v) is 7.03. The molecule has 9 heteroatoms. The van der Waals surface area contributed by atoms with Gasteiger partial charge in [-0.2, -0.15) is 0 Å². The number of nitrogens with two attached hydrogens (primary N) is 2. The van der Waals surface area contributed by atoms with Crippen LogP contribution in [0, 0.1) is 0 Å². The average molecular weight is 417 g/mol. The van der Waals surface area contributed by atoms with Crippen molar-refractivity contribution >= 4 is 23.4 Å². The number of hydrogen-bond acceptors (Lipinski definition) is 7. The van der Waals surface area contributed by atoms with E-state index in [-0.39, 0.29) is 17.8 Å². The van der Waals surface area contributed by atoms with Gasteiger partial charge in [-0.05, 0) is 49.4 Å². The van der Waals surface area contributed by atoms with Crippen LogP contribution in [0.1, 0.15) is 22.3 Å². The van der Waals surface area contributed by atoms with Gasteiger partial charge in [-0.1, -0.05) is 6.07 Å². The molecule has 1 aliphatic heterocycles. The number of benzene rings is 1. The Hall–Kier alpha value is -3.98. The molecule has 3 heterocycles. The molecule has 31 heavy (non-hydrogen) atoms. The minimum atomic E-state index is -0.263. The molecule has 1 unspecified atom stereocenters. The zero-order chi connectivity index (χ0) is 21.6. The quantitative estimate of drug-likeness (QED) is 0.356. The maximum absolute atomic E-state index is 12.4. The number of nitrogens with one attached hydrogen (secondary N) is 2. The average Bonchev–Trinajstić information content (AvgIpc) is 3.28. The van der Waals surface area contributed by atoms with Crippen LogP contribution in [0.5, 0.6) is 11.5 Å². The summed E-state index contributed by atoms with van der Waals surface area (Å²) >= 11 is 0. The molecule has 1 saturated heterocycles. The summed E-state index contributed by atoms with van der Waals surface area (Å²) in [6.45, 7) is 1.69. The maximum atomic E-state index is 12.4. The summed E-state index contributed by atoms with van der Waals surface area (Å²) in [5.74, 6) is 1.73. The lowest BCUT2D eigenvalue weighted by Crippen LogP contribution is -2.22. The fraction of sp³-hybridized carbons (Fsp3) is 0.182. The van der Waals surface area contributed by atoms with E-state index in [1.807, 2.05) is 0 Å². The molecule has 1 aliphatic rings. The molecule has 6 N–H and O–H groups in total. The number of pyridine rings is 2. The van der Waals surface area contributed by atoms with Crippen molar-refractivity contribution in [1.82, 2.24) is 15.3 Å². The second kappa shape index (κ2) is 9.23. The fourth-order valence-electron chi connectivity index (χ4n) is 3.24. The van der Waals surface area contributed by atoms with Gasteiger partial charge in [0.2, 0.25) is 0 Å². The summed E-state index contributed by atoms with van der Waals surface area (Å²) in [4.78, 5) is 25.1. The van der Waals surface area contributed by atoms with Gasteiger partial charge >= 0.3 is 0 Å². The first-order valence-electron chi connectivity index (χ1n) is 9.89. The van der Waals surface area contributed by atoms with E-state index in [0.717, 1.165) is 19.5 Å². The van der Waals surface area contributed by atoms with E-state index in [9.17, 15) is 4.79 Å². The summed E-state index contributed by atoms with van der Waals surface area (Å²) in [6.07, 6.45) is 4.08. The van der Waals surface area contributed by atoms with Crippen LogP contribution in [0.25, 0.3) is 0 Å². The number of carbonyl (C=O) groups excluding carboxylic acids is 1. The Balaban J connectivity index is 1.50. The first-order valence-corrected chi connectivity index (χ1v) is 9.89. The van der Waals surface area contributed by atoms with E-state index >= 15 is 0 Å². The van der Waals surface area contributed by atoms with Crippen LogP contribution >= 0.6 is 0 Å². The molecule has 0 aliphatic carbocycles. The summed E-state index contributed by atoms with van der Waals surface area (Å²) in [6, 6.07) is 13.8. The molecule has 1 atom stereocenters. The topological polar surface area (TPSA) is 141 Å². The number of hydrogen-bond donors (Lipinski definition) is 4. The molecule has 2 aromatic heterocycles. The number of aromatic nitrogens is 2. The van der Waals surface area contributed by atoms with E-state index in [4.69, 9.17) is 16.2 Å². The number of aliphatic imine (C=N–C) groups is 1. The highest BCUT2D eigenvalue weighted by molar-refractivity contribution is 6.04. The molecule has 0 saturated carbocycles. The molecule has 0 bridgehead atoms. The lowest BCUT2D eigenvalue weighted by atomic mass is 10.2. The van der Waals surface area contributed by atoms with Crippen LogP contribution in [-0.2, 0) is 0 Å². The Morgan fingerprint density at radius 1 is 1.13 bits per heavy atom. The molecule has 9 nitrogen and oxygen atoms in total. The summed E-state index contributed by atoms with van der Waals surface area (Å²) in [5, 5.41) is 5.99. The number of rotatable bonds is 6. The van der Waals surface area contributed by atoms with Crippen molar-refractivity contribution in [2.24, 2.45) is 10.7 Å². The van der Waals surface area contributed by atoms with Gasteiger partial charge in [0.15, 0.2) is 0 Å². The number of nitrogens with zero attached hydrogens (tertiary/aromatic N) is 3. The first kappa shape index (κ1) is 20.3. The van der Waals surface area contributed by atoms with Crippen LogP contribution in [-0.4, -0.2) is 40.8 Å². The van der Waals surface area contributed by atoms with Gasteiger partial charge in [0.05, 0.1) is 6.04 Å². The molecular weight excluding hydrogens is 394 g/mol. The first-order chi connectivity index (χ1) is 15.1. The Morgan fingerprint density at radius 2 is 1.97 bits per heavy atom. The number of ether oxygens (including phenoxy) is 1. The van der Waals surface area contributed by atoms with E-state index in [0.29, 0.717) is 34.3 Å². The van der Waals surface area contributed by atoms with Gasteiger partial charge in [0.25, 0.3) is 5.91 Å². The Kier molecular flexibility index (Phi) is 6.04. The number of anilines is 2. The molecule has 4 rings (SSSR count). The van der Waals surface area contributed by atoms with Gasteiger partial charge in [-0.25, -0.2) is 9.97 Å². The third kappa shape index (κ3) is 4.96. The highest BCUT2D eigenvalue weighted by atomic mass is 16.5. The maximum Gasteiger partial charge on any atom is 0.256 e. The van der Waals surface area contributed by atoms with Gasteiger partial charge in [0, 0.05) is 30.6 Å². The lowest BCUT2D eigenvalue weighted by molar-refractivity contribution is 0.102. The zero-order valence-corrected chi connectivity index (χ0v) is 16.8. The van der Waals surface area contributed by atoms with E-state index < -0.39 is 0 Å². The minimum absolute atomic E-state index is 0.101. The normalized spacial score (nSPS) is 16.1. The number of amides is 1. The van der Waals surface area contributed by atoms with Crippen LogP contribution in [0.15, 0.2) is 65.9 Å². The standard InChI is InChI=1S/C22H23N7O2/c23-20-19(21(24)28-15-8-11-25-13-15)17(9-12-27-20)31-16-6-4-14(5-7-16)22(30)29-18-3-1-2-10-26-18/h1-7,9-10,12,15,25H,8,11,13H2,(H2,23,27)(H2,24,28)(H,26,29,30). The third-order valence-electron chi connectivity index (χ3n) is 4.80. The van der Waals surface area contributed by atoms with Gasteiger partial charge in [0.1, 0.15) is 34.5 Å². The van der Waals surface area contributed by atoms with E-state index in [1.54, 1.807) is 60.9 Å². The lowest BCUT2D eigenvalue weighted by Gasteiger charge is -2.14. The number of amidine groups is 1. The second-order valence-electron chi connectivity index (χ2n) is 7.03. The fourth-order valence-corrected chi connectivity index (χ4v) is 3.24. The largest absolute Gasteiger partial charge is 0.456 e. The van der Waals surface area contributed by atoms with Crippen LogP contribution in [0.2, 0.25) is 0 Å². The summed E-state index contributed by atoms with van der Waals surface area (Å²) in [5.41, 5.74) is 13.2. The Bertz CT molecular complexity index is 1080. The molecule has 1 amide bonds.